The predicted octanol–water partition coefficient (Wildman–Crippen LogP) is 0.942. The molecule has 2 N–H and O–H groups in total. The van der Waals surface area contributed by atoms with Crippen LogP contribution in [0.1, 0.15) is 12.8 Å². The molecular weight excluding hydrogens is 244 g/mol. The quantitative estimate of drug-likeness (QED) is 0.803. The summed E-state index contributed by atoms with van der Waals surface area (Å²) in [5, 5.41) is 6.19. The van der Waals surface area contributed by atoms with Crippen LogP contribution < -0.4 is 20.1 Å². The van der Waals surface area contributed by atoms with Crippen molar-refractivity contribution in [3.63, 3.8) is 0 Å². The lowest BCUT2D eigenvalue weighted by Crippen LogP contribution is -2.39. The summed E-state index contributed by atoms with van der Waals surface area (Å²) >= 11 is 0. The van der Waals surface area contributed by atoms with Gasteiger partial charge < -0.3 is 20.1 Å². The van der Waals surface area contributed by atoms with Gasteiger partial charge in [0, 0.05) is 18.7 Å². The van der Waals surface area contributed by atoms with Crippen LogP contribution in [0.3, 0.4) is 0 Å². The van der Waals surface area contributed by atoms with Gasteiger partial charge in [0.15, 0.2) is 6.61 Å². The average molecular weight is 264 g/mol. The Balaban J connectivity index is 1.70. The molecule has 104 valence electrons. The largest absolute Gasteiger partial charge is 0.497 e. The van der Waals surface area contributed by atoms with Crippen molar-refractivity contribution in [2.45, 2.75) is 18.9 Å². The highest BCUT2D eigenvalue weighted by molar-refractivity contribution is 5.77. The van der Waals surface area contributed by atoms with Gasteiger partial charge in [-0.15, -0.1) is 0 Å². The van der Waals surface area contributed by atoms with Crippen molar-refractivity contribution >= 4 is 5.91 Å². The Morgan fingerprint density at radius 3 is 3.05 bits per heavy atom. The van der Waals surface area contributed by atoms with Gasteiger partial charge in [-0.05, 0) is 31.5 Å². The Morgan fingerprint density at radius 2 is 2.32 bits per heavy atom. The fourth-order valence-corrected chi connectivity index (χ4v) is 2.06. The number of methoxy groups -OCH3 is 1. The van der Waals surface area contributed by atoms with Crippen molar-refractivity contribution < 1.29 is 14.3 Å². The molecule has 2 rings (SSSR count). The highest BCUT2D eigenvalue weighted by Crippen LogP contribution is 2.18. The SMILES string of the molecule is COc1cccc(OCC(=O)NCC2CCCN2)c1. The Morgan fingerprint density at radius 1 is 1.47 bits per heavy atom. The smallest absolute Gasteiger partial charge is 0.257 e. The molecule has 19 heavy (non-hydrogen) atoms. The number of hydrogen-bond acceptors (Lipinski definition) is 4. The monoisotopic (exact) mass is 264 g/mol. The molecule has 1 aliphatic heterocycles. The fourth-order valence-electron chi connectivity index (χ4n) is 2.06. The Labute approximate surface area is 113 Å². The highest BCUT2D eigenvalue weighted by Gasteiger charge is 2.14. The standard InChI is InChI=1S/C14H20N2O3/c1-18-12-5-2-6-13(8-12)19-10-14(17)16-9-11-4-3-7-15-11/h2,5-6,8,11,15H,3-4,7,9-10H2,1H3,(H,16,17). The van der Waals surface area contributed by atoms with E-state index in [1.165, 1.54) is 6.42 Å². The summed E-state index contributed by atoms with van der Waals surface area (Å²) in [4.78, 5) is 11.6. The summed E-state index contributed by atoms with van der Waals surface area (Å²) in [5.41, 5.74) is 0. The van der Waals surface area contributed by atoms with Crippen molar-refractivity contribution in [3.05, 3.63) is 24.3 Å². The summed E-state index contributed by atoms with van der Waals surface area (Å²) in [6.45, 7) is 1.74. The van der Waals surface area contributed by atoms with Crippen LogP contribution in [0.4, 0.5) is 0 Å². The molecule has 1 aromatic carbocycles. The fraction of sp³-hybridized carbons (Fsp3) is 0.500. The van der Waals surface area contributed by atoms with E-state index in [4.69, 9.17) is 9.47 Å². The molecule has 0 bridgehead atoms. The van der Waals surface area contributed by atoms with Crippen LogP contribution in [0.25, 0.3) is 0 Å². The molecule has 5 heteroatoms. The van der Waals surface area contributed by atoms with E-state index in [1.54, 1.807) is 19.2 Å². The Hall–Kier alpha value is -1.75. The van der Waals surface area contributed by atoms with Crippen molar-refractivity contribution in [3.8, 4) is 11.5 Å². The van der Waals surface area contributed by atoms with E-state index in [1.807, 2.05) is 12.1 Å². The first-order valence-corrected chi connectivity index (χ1v) is 6.55. The minimum Gasteiger partial charge on any atom is -0.497 e. The van der Waals surface area contributed by atoms with E-state index in [0.717, 1.165) is 13.0 Å². The number of carbonyl (C=O) groups is 1. The molecule has 0 aromatic heterocycles. The highest BCUT2D eigenvalue weighted by atomic mass is 16.5. The zero-order chi connectivity index (χ0) is 13.5. The van der Waals surface area contributed by atoms with Gasteiger partial charge in [-0.1, -0.05) is 6.07 Å². The van der Waals surface area contributed by atoms with Gasteiger partial charge in [0.1, 0.15) is 11.5 Å². The normalized spacial score (nSPS) is 18.1. The molecule has 1 heterocycles. The van der Waals surface area contributed by atoms with Crippen LogP contribution in [0.2, 0.25) is 0 Å². The van der Waals surface area contributed by atoms with Gasteiger partial charge in [-0.25, -0.2) is 0 Å². The van der Waals surface area contributed by atoms with Crippen LogP contribution in [0.15, 0.2) is 24.3 Å². The van der Waals surface area contributed by atoms with E-state index < -0.39 is 0 Å². The second-order valence-corrected chi connectivity index (χ2v) is 4.57. The zero-order valence-corrected chi connectivity index (χ0v) is 11.1. The van der Waals surface area contributed by atoms with Crippen molar-refractivity contribution in [1.29, 1.82) is 0 Å². The summed E-state index contributed by atoms with van der Waals surface area (Å²) < 4.78 is 10.5. The van der Waals surface area contributed by atoms with E-state index in [2.05, 4.69) is 10.6 Å². The summed E-state index contributed by atoms with van der Waals surface area (Å²) in [6, 6.07) is 7.62. The second kappa shape index (κ2) is 6.99. The van der Waals surface area contributed by atoms with Crippen LogP contribution in [-0.4, -0.2) is 38.8 Å². The molecule has 1 unspecified atom stereocenters. The predicted molar refractivity (Wildman–Crippen MR) is 72.5 cm³/mol. The number of hydrogen-bond donors (Lipinski definition) is 2. The van der Waals surface area contributed by atoms with Crippen LogP contribution >= 0.6 is 0 Å². The van der Waals surface area contributed by atoms with Gasteiger partial charge in [0.2, 0.25) is 0 Å². The van der Waals surface area contributed by atoms with E-state index in [0.29, 0.717) is 24.1 Å². The molecule has 1 fully saturated rings. The Bertz CT molecular complexity index is 417. The van der Waals surface area contributed by atoms with Crippen LogP contribution in [0, 0.1) is 0 Å². The van der Waals surface area contributed by atoms with Crippen LogP contribution in [0.5, 0.6) is 11.5 Å². The van der Waals surface area contributed by atoms with Gasteiger partial charge in [0.05, 0.1) is 7.11 Å². The molecular formula is C14H20N2O3. The van der Waals surface area contributed by atoms with Gasteiger partial charge in [-0.2, -0.15) is 0 Å². The zero-order valence-electron chi connectivity index (χ0n) is 11.1. The molecule has 1 atom stereocenters. The van der Waals surface area contributed by atoms with E-state index >= 15 is 0 Å². The van der Waals surface area contributed by atoms with Crippen molar-refractivity contribution in [2.24, 2.45) is 0 Å². The average Bonchev–Trinajstić information content (AvgIpc) is 2.96. The molecule has 1 aliphatic rings. The molecule has 1 aromatic rings. The van der Waals surface area contributed by atoms with Crippen molar-refractivity contribution in [2.75, 3.05) is 26.8 Å². The molecule has 5 nitrogen and oxygen atoms in total. The molecule has 1 amide bonds. The second-order valence-electron chi connectivity index (χ2n) is 4.57. The number of ether oxygens (including phenoxy) is 2. The number of amides is 1. The van der Waals surface area contributed by atoms with Gasteiger partial charge in [-0.3, -0.25) is 4.79 Å². The lowest BCUT2D eigenvalue weighted by Gasteiger charge is -2.12. The maximum absolute atomic E-state index is 11.6. The Kier molecular flexibility index (Phi) is 5.03. The maximum Gasteiger partial charge on any atom is 0.257 e. The minimum atomic E-state index is -0.100. The number of nitrogens with one attached hydrogen (secondary N) is 2. The molecule has 0 spiro atoms. The first-order valence-electron chi connectivity index (χ1n) is 6.55. The van der Waals surface area contributed by atoms with Crippen molar-refractivity contribution in [1.82, 2.24) is 10.6 Å². The first-order chi connectivity index (χ1) is 9.28. The van der Waals surface area contributed by atoms with Crippen LogP contribution in [-0.2, 0) is 4.79 Å². The molecule has 0 saturated carbocycles. The third-order valence-corrected chi connectivity index (χ3v) is 3.12. The third kappa shape index (κ3) is 4.44. The number of rotatable bonds is 6. The summed E-state index contributed by atoms with van der Waals surface area (Å²) in [6.07, 6.45) is 2.30. The minimum absolute atomic E-state index is 0.0277. The molecule has 1 saturated heterocycles. The topological polar surface area (TPSA) is 59.6 Å². The third-order valence-electron chi connectivity index (χ3n) is 3.12. The van der Waals surface area contributed by atoms with E-state index in [-0.39, 0.29) is 12.5 Å². The number of benzene rings is 1. The first kappa shape index (κ1) is 13.7. The summed E-state index contributed by atoms with van der Waals surface area (Å²) in [7, 11) is 1.60. The maximum atomic E-state index is 11.6. The molecule has 0 aliphatic carbocycles. The summed E-state index contributed by atoms with van der Waals surface area (Å²) in [5.74, 6) is 1.25. The van der Waals surface area contributed by atoms with E-state index in [9.17, 15) is 4.79 Å². The number of carbonyl (C=O) groups excluding carboxylic acids is 1. The van der Waals surface area contributed by atoms with Gasteiger partial charge >= 0.3 is 0 Å². The molecule has 0 radical (unpaired) electrons. The lowest BCUT2D eigenvalue weighted by molar-refractivity contribution is -0.123. The lowest BCUT2D eigenvalue weighted by atomic mass is 10.2. The van der Waals surface area contributed by atoms with Gasteiger partial charge in [0.25, 0.3) is 5.91 Å².